The maximum absolute atomic E-state index is 11.1. The van der Waals surface area contributed by atoms with Crippen LogP contribution in [0.2, 0.25) is 0 Å². The molecule has 0 aliphatic carbocycles. The van der Waals surface area contributed by atoms with Gasteiger partial charge in [-0.25, -0.2) is 4.79 Å². The molecule has 0 spiro atoms. The van der Waals surface area contributed by atoms with Crippen molar-refractivity contribution in [2.75, 3.05) is 0 Å². The average Bonchev–Trinajstić information content (AvgIpc) is 2.13. The Balaban J connectivity index is 2.98. The van der Waals surface area contributed by atoms with Gasteiger partial charge in [-0.2, -0.15) is 0 Å². The van der Waals surface area contributed by atoms with Gasteiger partial charge in [0.2, 0.25) is 0 Å². The van der Waals surface area contributed by atoms with E-state index in [-0.39, 0.29) is 11.3 Å². The van der Waals surface area contributed by atoms with Crippen LogP contribution in [0.15, 0.2) is 23.1 Å². The van der Waals surface area contributed by atoms with Gasteiger partial charge in [0.05, 0.1) is 6.04 Å². The SMILES string of the molecule is CC(C)[C@H](NC(=O)O)c1cc(=O)cc[nH]1. The van der Waals surface area contributed by atoms with Crippen molar-refractivity contribution in [1.29, 1.82) is 0 Å². The Labute approximate surface area is 87.1 Å². The number of hydrogen-bond acceptors (Lipinski definition) is 2. The first-order valence-electron chi connectivity index (χ1n) is 4.69. The summed E-state index contributed by atoms with van der Waals surface area (Å²) in [6, 6.07) is 2.40. The van der Waals surface area contributed by atoms with E-state index in [0.29, 0.717) is 5.69 Å². The fraction of sp³-hybridized carbons (Fsp3) is 0.400. The van der Waals surface area contributed by atoms with Gasteiger partial charge in [-0.15, -0.1) is 0 Å². The van der Waals surface area contributed by atoms with E-state index in [1.165, 1.54) is 18.3 Å². The van der Waals surface area contributed by atoms with Crippen molar-refractivity contribution in [2.24, 2.45) is 5.92 Å². The lowest BCUT2D eigenvalue weighted by Gasteiger charge is -2.20. The van der Waals surface area contributed by atoms with Gasteiger partial charge in [-0.3, -0.25) is 4.79 Å². The number of rotatable bonds is 3. The standard InChI is InChI=1S/C10H14N2O3/c1-6(2)9(12-10(14)15)8-5-7(13)3-4-11-8/h3-6,9,12H,1-2H3,(H,11,13)(H,14,15)/t9-/m0/s1. The lowest BCUT2D eigenvalue weighted by Crippen LogP contribution is -2.31. The Morgan fingerprint density at radius 1 is 1.53 bits per heavy atom. The Hall–Kier alpha value is -1.78. The maximum atomic E-state index is 11.1. The smallest absolute Gasteiger partial charge is 0.405 e. The fourth-order valence-corrected chi connectivity index (χ4v) is 1.38. The lowest BCUT2D eigenvalue weighted by molar-refractivity contribution is 0.185. The van der Waals surface area contributed by atoms with Crippen LogP contribution in [-0.4, -0.2) is 16.2 Å². The first kappa shape index (κ1) is 11.3. The van der Waals surface area contributed by atoms with Crippen LogP contribution in [0.5, 0.6) is 0 Å². The predicted octanol–water partition coefficient (Wildman–Crippen LogP) is 1.34. The van der Waals surface area contributed by atoms with Crippen molar-refractivity contribution >= 4 is 6.09 Å². The molecule has 15 heavy (non-hydrogen) atoms. The minimum Gasteiger partial charge on any atom is -0.465 e. The highest BCUT2D eigenvalue weighted by Gasteiger charge is 2.18. The summed E-state index contributed by atoms with van der Waals surface area (Å²) in [5, 5.41) is 11.0. The molecule has 82 valence electrons. The molecule has 0 bridgehead atoms. The molecule has 0 radical (unpaired) electrons. The highest BCUT2D eigenvalue weighted by molar-refractivity contribution is 5.65. The molecule has 1 aromatic rings. The topological polar surface area (TPSA) is 82.2 Å². The van der Waals surface area contributed by atoms with Crippen LogP contribution in [-0.2, 0) is 0 Å². The molecule has 0 saturated heterocycles. The molecule has 0 aromatic carbocycles. The highest BCUT2D eigenvalue weighted by atomic mass is 16.4. The largest absolute Gasteiger partial charge is 0.465 e. The van der Waals surface area contributed by atoms with Gasteiger partial charge in [0.1, 0.15) is 0 Å². The minimum absolute atomic E-state index is 0.0687. The molecule has 1 atom stereocenters. The molecule has 0 saturated carbocycles. The summed E-state index contributed by atoms with van der Waals surface area (Å²) >= 11 is 0. The summed E-state index contributed by atoms with van der Waals surface area (Å²) in [6.45, 7) is 3.76. The third-order valence-corrected chi connectivity index (χ3v) is 2.08. The van der Waals surface area contributed by atoms with Crippen LogP contribution < -0.4 is 10.7 Å². The van der Waals surface area contributed by atoms with Crippen LogP contribution in [0, 0.1) is 5.92 Å². The number of amides is 1. The number of carbonyl (C=O) groups is 1. The number of aromatic amines is 1. The van der Waals surface area contributed by atoms with Gasteiger partial charge in [0.25, 0.3) is 0 Å². The first-order valence-corrected chi connectivity index (χ1v) is 4.69. The number of nitrogens with one attached hydrogen (secondary N) is 2. The molecule has 0 fully saturated rings. The van der Waals surface area contributed by atoms with E-state index in [9.17, 15) is 9.59 Å². The van der Waals surface area contributed by atoms with Crippen molar-refractivity contribution < 1.29 is 9.90 Å². The second-order valence-corrected chi connectivity index (χ2v) is 3.65. The molecule has 0 aliphatic rings. The van der Waals surface area contributed by atoms with Crippen LogP contribution in [0.4, 0.5) is 4.79 Å². The molecule has 1 amide bonds. The number of aromatic nitrogens is 1. The molecule has 0 unspecified atom stereocenters. The summed E-state index contributed by atoms with van der Waals surface area (Å²) in [7, 11) is 0. The highest BCUT2D eigenvalue weighted by Crippen LogP contribution is 2.17. The lowest BCUT2D eigenvalue weighted by atomic mass is 10.0. The van der Waals surface area contributed by atoms with E-state index in [2.05, 4.69) is 10.3 Å². The molecule has 5 nitrogen and oxygen atoms in total. The first-order chi connectivity index (χ1) is 7.00. The van der Waals surface area contributed by atoms with Gasteiger partial charge in [0.15, 0.2) is 5.43 Å². The summed E-state index contributed by atoms with van der Waals surface area (Å²) in [5.41, 5.74) is 0.446. The van der Waals surface area contributed by atoms with Crippen molar-refractivity contribution in [3.05, 3.63) is 34.2 Å². The Bertz CT molecular complexity index is 398. The third-order valence-electron chi connectivity index (χ3n) is 2.08. The van der Waals surface area contributed by atoms with E-state index in [4.69, 9.17) is 5.11 Å². The van der Waals surface area contributed by atoms with Gasteiger partial charge in [-0.05, 0) is 5.92 Å². The molecule has 0 aliphatic heterocycles. The molecular formula is C10H14N2O3. The van der Waals surface area contributed by atoms with Crippen LogP contribution in [0.1, 0.15) is 25.6 Å². The van der Waals surface area contributed by atoms with Crippen LogP contribution in [0.25, 0.3) is 0 Å². The van der Waals surface area contributed by atoms with E-state index < -0.39 is 12.1 Å². The molecular weight excluding hydrogens is 196 g/mol. The van der Waals surface area contributed by atoms with Crippen molar-refractivity contribution in [3.63, 3.8) is 0 Å². The molecule has 1 rings (SSSR count). The van der Waals surface area contributed by atoms with Crippen LogP contribution in [0.3, 0.4) is 0 Å². The second-order valence-electron chi connectivity index (χ2n) is 3.65. The molecule has 1 heterocycles. The predicted molar refractivity (Wildman–Crippen MR) is 55.8 cm³/mol. The van der Waals surface area contributed by atoms with Crippen molar-refractivity contribution in [2.45, 2.75) is 19.9 Å². The fourth-order valence-electron chi connectivity index (χ4n) is 1.38. The number of carboxylic acid groups (broad SMARTS) is 1. The van der Waals surface area contributed by atoms with Crippen molar-refractivity contribution in [3.8, 4) is 0 Å². The Kier molecular flexibility index (Phi) is 3.49. The zero-order valence-electron chi connectivity index (χ0n) is 8.65. The van der Waals surface area contributed by atoms with E-state index >= 15 is 0 Å². The number of pyridine rings is 1. The molecule has 1 aromatic heterocycles. The summed E-state index contributed by atoms with van der Waals surface area (Å²) in [6.07, 6.45) is 0.412. The summed E-state index contributed by atoms with van der Waals surface area (Å²) < 4.78 is 0. The number of hydrogen-bond donors (Lipinski definition) is 3. The number of H-pyrrole nitrogens is 1. The van der Waals surface area contributed by atoms with Gasteiger partial charge < -0.3 is 15.4 Å². The van der Waals surface area contributed by atoms with Crippen molar-refractivity contribution in [1.82, 2.24) is 10.3 Å². The van der Waals surface area contributed by atoms with E-state index in [0.717, 1.165) is 0 Å². The quantitative estimate of drug-likeness (QED) is 0.704. The average molecular weight is 210 g/mol. The van der Waals surface area contributed by atoms with Gasteiger partial charge in [0, 0.05) is 24.0 Å². The van der Waals surface area contributed by atoms with Crippen LogP contribution >= 0.6 is 0 Å². The zero-order valence-corrected chi connectivity index (χ0v) is 8.65. The third kappa shape index (κ3) is 3.12. The maximum Gasteiger partial charge on any atom is 0.405 e. The minimum atomic E-state index is -1.10. The monoisotopic (exact) mass is 210 g/mol. The summed E-state index contributed by atoms with van der Waals surface area (Å²) in [5.74, 6) is 0.0687. The Morgan fingerprint density at radius 3 is 2.67 bits per heavy atom. The summed E-state index contributed by atoms with van der Waals surface area (Å²) in [4.78, 5) is 24.5. The Morgan fingerprint density at radius 2 is 2.20 bits per heavy atom. The van der Waals surface area contributed by atoms with Gasteiger partial charge >= 0.3 is 6.09 Å². The molecule has 3 N–H and O–H groups in total. The van der Waals surface area contributed by atoms with E-state index in [1.807, 2.05) is 13.8 Å². The van der Waals surface area contributed by atoms with E-state index in [1.54, 1.807) is 0 Å². The zero-order chi connectivity index (χ0) is 11.4. The second kappa shape index (κ2) is 4.63. The normalized spacial score (nSPS) is 12.5. The van der Waals surface area contributed by atoms with Gasteiger partial charge in [-0.1, -0.05) is 13.8 Å². The molecule has 5 heteroatoms.